The zero-order chi connectivity index (χ0) is 8.27. The summed E-state index contributed by atoms with van der Waals surface area (Å²) in [5, 5.41) is 0. The minimum absolute atomic E-state index is 0.185. The normalized spacial score (nSPS) is 20.9. The summed E-state index contributed by atoms with van der Waals surface area (Å²) in [5.41, 5.74) is 5.52. The molecule has 1 atom stereocenters. The van der Waals surface area contributed by atoms with E-state index < -0.39 is 0 Å². The number of carbonyl (C=O) groups excluding carboxylic acids is 1. The maximum absolute atomic E-state index is 11.2. The Morgan fingerprint density at radius 2 is 2.27 bits per heavy atom. The van der Waals surface area contributed by atoms with Gasteiger partial charge in [0.25, 0.3) is 0 Å². The molecular weight excluding hydrogens is 158 g/mol. The summed E-state index contributed by atoms with van der Waals surface area (Å²) in [6.45, 7) is 0. The number of carbonyl (C=O) groups is 1. The van der Waals surface area contributed by atoms with Crippen molar-refractivity contribution in [2.75, 3.05) is 5.75 Å². The van der Waals surface area contributed by atoms with E-state index in [4.69, 9.17) is 5.73 Å². The van der Waals surface area contributed by atoms with Gasteiger partial charge in [-0.1, -0.05) is 19.3 Å². The molecule has 0 aromatic heterocycles. The fourth-order valence-electron chi connectivity index (χ4n) is 1.23. The van der Waals surface area contributed by atoms with Crippen LogP contribution in [0, 0.1) is 5.92 Å². The molecule has 64 valence electrons. The molecule has 1 saturated carbocycles. The van der Waals surface area contributed by atoms with E-state index in [0.29, 0.717) is 18.1 Å². The van der Waals surface area contributed by atoms with Gasteiger partial charge in [-0.15, -0.1) is 0 Å². The molecule has 0 amide bonds. The van der Waals surface area contributed by atoms with Gasteiger partial charge in [0.2, 0.25) is 0 Å². The first-order chi connectivity index (χ1) is 5.24. The zero-order valence-corrected chi connectivity index (χ0v) is 7.52. The Morgan fingerprint density at radius 3 is 2.64 bits per heavy atom. The minimum atomic E-state index is -0.334. The molecule has 0 heterocycles. The third kappa shape index (κ3) is 2.49. The molecule has 0 spiro atoms. The Balaban J connectivity index is 2.19. The molecule has 0 aromatic rings. The number of rotatable bonds is 4. The van der Waals surface area contributed by atoms with Gasteiger partial charge < -0.3 is 5.73 Å². The third-order valence-electron chi connectivity index (χ3n) is 2.32. The van der Waals surface area contributed by atoms with Gasteiger partial charge in [0, 0.05) is 12.2 Å². The fourth-order valence-corrected chi connectivity index (χ4v) is 1.44. The summed E-state index contributed by atoms with van der Waals surface area (Å²) in [4.78, 5) is 11.2. The minimum Gasteiger partial charge on any atom is -0.321 e. The molecule has 0 saturated heterocycles. The lowest BCUT2D eigenvalue weighted by molar-refractivity contribution is -0.121. The van der Waals surface area contributed by atoms with Crippen molar-refractivity contribution in [1.82, 2.24) is 0 Å². The predicted octanol–water partition coefficient (Wildman–Crippen LogP) is 1.00. The highest BCUT2D eigenvalue weighted by Gasteiger charge is 2.22. The van der Waals surface area contributed by atoms with Gasteiger partial charge in [-0.3, -0.25) is 4.79 Å². The second-order valence-corrected chi connectivity index (χ2v) is 3.62. The van der Waals surface area contributed by atoms with Gasteiger partial charge in [0.15, 0.2) is 5.78 Å². The average molecular weight is 173 g/mol. The van der Waals surface area contributed by atoms with Crippen molar-refractivity contribution in [3.63, 3.8) is 0 Å². The maximum atomic E-state index is 11.2. The summed E-state index contributed by atoms with van der Waals surface area (Å²) in [6, 6.07) is -0.334. The number of ketones is 1. The van der Waals surface area contributed by atoms with Crippen LogP contribution < -0.4 is 5.73 Å². The third-order valence-corrected chi connectivity index (χ3v) is 2.72. The Hall–Kier alpha value is -0.0200. The smallest absolute Gasteiger partial charge is 0.150 e. The van der Waals surface area contributed by atoms with Crippen molar-refractivity contribution in [2.45, 2.75) is 31.7 Å². The molecular formula is C8H15NOS. The molecule has 1 aliphatic rings. The number of nitrogens with two attached hydrogens (primary N) is 1. The van der Waals surface area contributed by atoms with E-state index in [1.807, 2.05) is 0 Å². The predicted molar refractivity (Wildman–Crippen MR) is 48.8 cm³/mol. The highest BCUT2D eigenvalue weighted by Crippen LogP contribution is 2.29. The van der Waals surface area contributed by atoms with Crippen molar-refractivity contribution in [3.8, 4) is 0 Å². The van der Waals surface area contributed by atoms with Gasteiger partial charge in [0.1, 0.15) is 0 Å². The molecule has 2 nitrogen and oxygen atoms in total. The highest BCUT2D eigenvalue weighted by atomic mass is 32.1. The van der Waals surface area contributed by atoms with E-state index in [1.54, 1.807) is 0 Å². The molecule has 0 aromatic carbocycles. The monoisotopic (exact) mass is 173 g/mol. The van der Waals surface area contributed by atoms with Crippen LogP contribution in [0.5, 0.6) is 0 Å². The largest absolute Gasteiger partial charge is 0.321 e. The van der Waals surface area contributed by atoms with Crippen molar-refractivity contribution < 1.29 is 4.79 Å². The van der Waals surface area contributed by atoms with E-state index in [-0.39, 0.29) is 11.8 Å². The van der Waals surface area contributed by atoms with Crippen LogP contribution in [0.15, 0.2) is 0 Å². The molecule has 1 aliphatic carbocycles. The standard InChI is InChI=1S/C8H15NOS/c9-7(5-11)8(10)4-6-2-1-3-6/h6-7,11H,1-5,9H2. The summed E-state index contributed by atoms with van der Waals surface area (Å²) in [7, 11) is 0. The zero-order valence-electron chi connectivity index (χ0n) is 6.62. The first-order valence-electron chi connectivity index (χ1n) is 4.13. The lowest BCUT2D eigenvalue weighted by Crippen LogP contribution is -2.34. The SMILES string of the molecule is NC(CS)C(=O)CC1CCC1. The van der Waals surface area contributed by atoms with Crippen molar-refractivity contribution >= 4 is 18.4 Å². The molecule has 1 fully saturated rings. The molecule has 1 rings (SSSR count). The van der Waals surface area contributed by atoms with Crippen LogP contribution in [0.25, 0.3) is 0 Å². The molecule has 11 heavy (non-hydrogen) atoms. The summed E-state index contributed by atoms with van der Waals surface area (Å²) >= 11 is 3.98. The Labute approximate surface area is 72.9 Å². The topological polar surface area (TPSA) is 43.1 Å². The van der Waals surface area contributed by atoms with E-state index in [1.165, 1.54) is 19.3 Å². The van der Waals surface area contributed by atoms with Gasteiger partial charge in [-0.05, 0) is 5.92 Å². The number of hydrogen-bond acceptors (Lipinski definition) is 3. The molecule has 0 aliphatic heterocycles. The van der Waals surface area contributed by atoms with Gasteiger partial charge >= 0.3 is 0 Å². The van der Waals surface area contributed by atoms with Crippen molar-refractivity contribution in [3.05, 3.63) is 0 Å². The van der Waals surface area contributed by atoms with E-state index >= 15 is 0 Å². The Kier molecular flexibility index (Phi) is 3.40. The first kappa shape index (κ1) is 9.07. The Bertz CT molecular complexity index is 145. The van der Waals surface area contributed by atoms with Crippen LogP contribution in [-0.4, -0.2) is 17.6 Å². The van der Waals surface area contributed by atoms with Crippen molar-refractivity contribution in [1.29, 1.82) is 0 Å². The first-order valence-corrected chi connectivity index (χ1v) is 4.76. The lowest BCUT2D eigenvalue weighted by atomic mass is 9.81. The molecule has 2 N–H and O–H groups in total. The van der Waals surface area contributed by atoms with Crippen LogP contribution in [0.4, 0.5) is 0 Å². The van der Waals surface area contributed by atoms with Gasteiger partial charge in [0.05, 0.1) is 6.04 Å². The fraction of sp³-hybridized carbons (Fsp3) is 0.875. The van der Waals surface area contributed by atoms with Crippen LogP contribution in [0.3, 0.4) is 0 Å². The maximum Gasteiger partial charge on any atom is 0.150 e. The van der Waals surface area contributed by atoms with Gasteiger partial charge in [-0.25, -0.2) is 0 Å². The number of hydrogen-bond donors (Lipinski definition) is 2. The van der Waals surface area contributed by atoms with Crippen molar-refractivity contribution in [2.24, 2.45) is 11.7 Å². The van der Waals surface area contributed by atoms with E-state index in [9.17, 15) is 4.79 Å². The van der Waals surface area contributed by atoms with E-state index in [0.717, 1.165) is 0 Å². The summed E-state index contributed by atoms with van der Waals surface area (Å²) in [6.07, 6.45) is 4.39. The van der Waals surface area contributed by atoms with Gasteiger partial charge in [-0.2, -0.15) is 12.6 Å². The lowest BCUT2D eigenvalue weighted by Gasteiger charge is -2.25. The summed E-state index contributed by atoms with van der Waals surface area (Å²) < 4.78 is 0. The summed E-state index contributed by atoms with van der Waals surface area (Å²) in [5.74, 6) is 1.30. The number of Topliss-reactive ketones (excluding diaryl/α,β-unsaturated/α-hetero) is 1. The molecule has 3 heteroatoms. The number of thiol groups is 1. The quantitative estimate of drug-likeness (QED) is 0.623. The molecule has 0 bridgehead atoms. The highest BCUT2D eigenvalue weighted by molar-refractivity contribution is 7.80. The van der Waals surface area contributed by atoms with Crippen LogP contribution >= 0.6 is 12.6 Å². The molecule has 1 unspecified atom stereocenters. The molecule has 0 radical (unpaired) electrons. The van der Waals surface area contributed by atoms with E-state index in [2.05, 4.69) is 12.6 Å². The Morgan fingerprint density at radius 1 is 1.64 bits per heavy atom. The second-order valence-electron chi connectivity index (χ2n) is 3.26. The average Bonchev–Trinajstić information content (AvgIpc) is 1.94. The second kappa shape index (κ2) is 4.12. The van der Waals surface area contributed by atoms with Crippen LogP contribution in [0.2, 0.25) is 0 Å². The van der Waals surface area contributed by atoms with Crippen LogP contribution in [-0.2, 0) is 4.79 Å². The van der Waals surface area contributed by atoms with Crippen LogP contribution in [0.1, 0.15) is 25.7 Å².